The van der Waals surface area contributed by atoms with Gasteiger partial charge in [-0.3, -0.25) is 0 Å². The summed E-state index contributed by atoms with van der Waals surface area (Å²) in [6.45, 7) is 1.48. The number of aromatic hydroxyl groups is 1. The Labute approximate surface area is 137 Å². The molecule has 0 radical (unpaired) electrons. The van der Waals surface area contributed by atoms with Crippen molar-refractivity contribution < 1.29 is 14.9 Å². The van der Waals surface area contributed by atoms with Crippen LogP contribution in [0.3, 0.4) is 0 Å². The van der Waals surface area contributed by atoms with Crippen LogP contribution >= 0.6 is 11.6 Å². The Morgan fingerprint density at radius 3 is 2.50 bits per heavy atom. The highest BCUT2D eigenvalue weighted by molar-refractivity contribution is 7.92. The van der Waals surface area contributed by atoms with Gasteiger partial charge in [0, 0.05) is 6.04 Å². The molecular formula is C15H21ClN2O3S. The van der Waals surface area contributed by atoms with Crippen LogP contribution in [0.5, 0.6) is 5.75 Å². The van der Waals surface area contributed by atoms with Crippen LogP contribution in [0.15, 0.2) is 17.0 Å². The Bertz CT molecular complexity index is 688. The molecule has 0 atom stereocenters. The smallest absolute Gasteiger partial charge is 0.186 e. The van der Waals surface area contributed by atoms with Crippen LogP contribution in [0.1, 0.15) is 33.5 Å². The fraction of sp³-hybridized carbons (Fsp3) is 0.600. The van der Waals surface area contributed by atoms with E-state index in [0.29, 0.717) is 18.9 Å². The lowest BCUT2D eigenvalue weighted by Crippen LogP contribution is -2.47. The van der Waals surface area contributed by atoms with Crippen molar-refractivity contribution >= 4 is 27.1 Å². The number of rotatable bonds is 3. The Hall–Kier alpha value is -0.980. The summed E-state index contributed by atoms with van der Waals surface area (Å²) in [6.07, 6.45) is 4.67. The van der Waals surface area contributed by atoms with Gasteiger partial charge in [-0.1, -0.05) is 18.0 Å². The zero-order chi connectivity index (χ0) is 16.8. The van der Waals surface area contributed by atoms with Gasteiger partial charge in [0.25, 0.3) is 0 Å². The van der Waals surface area contributed by atoms with E-state index in [0.717, 1.165) is 19.2 Å². The molecule has 7 heteroatoms. The summed E-state index contributed by atoms with van der Waals surface area (Å²) in [5.41, 5.74) is 5.47. The molecule has 122 valence electrons. The van der Waals surface area contributed by atoms with Gasteiger partial charge in [0.2, 0.25) is 0 Å². The molecule has 0 unspecified atom stereocenters. The summed E-state index contributed by atoms with van der Waals surface area (Å²) in [7, 11) is -3.81. The van der Waals surface area contributed by atoms with Crippen molar-refractivity contribution in [1.29, 1.82) is 0 Å². The van der Waals surface area contributed by atoms with E-state index in [1.54, 1.807) is 0 Å². The third-order valence-corrected chi connectivity index (χ3v) is 7.56. The van der Waals surface area contributed by atoms with Crippen LogP contribution in [-0.2, 0) is 9.84 Å². The maximum absolute atomic E-state index is 12.9. The first-order valence-electron chi connectivity index (χ1n) is 8.08. The fourth-order valence-corrected chi connectivity index (χ4v) is 5.57. The number of phenols is 1. The number of benzene rings is 1. The van der Waals surface area contributed by atoms with Crippen LogP contribution < -0.4 is 5.73 Å². The van der Waals surface area contributed by atoms with Gasteiger partial charge >= 0.3 is 0 Å². The number of likely N-dealkylation sites (tertiary alicyclic amines) is 1. The van der Waals surface area contributed by atoms with Gasteiger partial charge in [-0.25, -0.2) is 8.42 Å². The SMILES string of the molecule is [2H]c1cc(N)c(O)c(S(=O)(=O)C2CCN(C3CCC3)CC2)c1Cl. The molecule has 0 spiro atoms. The Morgan fingerprint density at radius 2 is 1.95 bits per heavy atom. The van der Waals surface area contributed by atoms with Crippen molar-refractivity contribution in [1.82, 2.24) is 4.90 Å². The van der Waals surface area contributed by atoms with Crippen molar-refractivity contribution in [2.24, 2.45) is 0 Å². The summed E-state index contributed by atoms with van der Waals surface area (Å²) in [5.74, 6) is -0.535. The lowest BCUT2D eigenvalue weighted by atomic mass is 9.90. The van der Waals surface area contributed by atoms with Crippen molar-refractivity contribution in [3.8, 4) is 5.75 Å². The van der Waals surface area contributed by atoms with E-state index in [1.807, 2.05) is 0 Å². The highest BCUT2D eigenvalue weighted by Gasteiger charge is 2.37. The minimum Gasteiger partial charge on any atom is -0.504 e. The number of anilines is 1. The van der Waals surface area contributed by atoms with Crippen LogP contribution in [0.25, 0.3) is 0 Å². The first kappa shape index (κ1) is 14.6. The standard InChI is InChI=1S/C15H21ClN2O3S/c16-12-4-5-13(17)14(19)15(12)22(20,21)11-6-8-18(9-7-11)10-2-1-3-10/h4-5,10-11,19H,1-3,6-9,17H2/i4D. The summed E-state index contributed by atoms with van der Waals surface area (Å²) in [5, 5.41) is 9.23. The number of phenolic OH excluding ortho intramolecular Hbond substituents is 1. The molecule has 5 nitrogen and oxygen atoms in total. The number of nitrogens with zero attached hydrogens (tertiary/aromatic N) is 1. The molecule has 1 saturated carbocycles. The van der Waals surface area contributed by atoms with Crippen LogP contribution in [0, 0.1) is 0 Å². The lowest BCUT2D eigenvalue weighted by molar-refractivity contribution is 0.106. The van der Waals surface area contributed by atoms with Gasteiger partial charge in [0.15, 0.2) is 15.6 Å². The molecule has 1 saturated heterocycles. The largest absolute Gasteiger partial charge is 0.504 e. The second kappa shape index (κ2) is 5.91. The average Bonchev–Trinajstić information content (AvgIpc) is 2.44. The normalized spacial score (nSPS) is 22.3. The summed E-state index contributed by atoms with van der Waals surface area (Å²) in [4.78, 5) is 1.97. The van der Waals surface area contributed by atoms with E-state index in [-0.39, 0.29) is 21.6 Å². The van der Waals surface area contributed by atoms with E-state index >= 15 is 0 Å². The van der Waals surface area contributed by atoms with Gasteiger partial charge < -0.3 is 15.7 Å². The number of hydrogen-bond acceptors (Lipinski definition) is 5. The molecule has 2 fully saturated rings. The zero-order valence-electron chi connectivity index (χ0n) is 13.3. The molecule has 1 aliphatic carbocycles. The topological polar surface area (TPSA) is 83.6 Å². The molecule has 1 aromatic carbocycles. The number of nitrogen functional groups attached to an aromatic ring is 1. The summed E-state index contributed by atoms with van der Waals surface area (Å²) in [6, 6.07) is 1.57. The van der Waals surface area contributed by atoms with Crippen LogP contribution in [0.2, 0.25) is 5.02 Å². The van der Waals surface area contributed by atoms with E-state index in [1.165, 1.54) is 19.3 Å². The molecule has 3 rings (SSSR count). The second-order valence-electron chi connectivity index (χ2n) is 6.10. The molecule has 0 bridgehead atoms. The number of nitrogens with two attached hydrogens (primary N) is 1. The van der Waals surface area contributed by atoms with E-state index in [9.17, 15) is 13.5 Å². The maximum Gasteiger partial charge on any atom is 0.186 e. The van der Waals surface area contributed by atoms with Gasteiger partial charge in [-0.15, -0.1) is 0 Å². The minimum absolute atomic E-state index is 0.134. The number of sulfone groups is 1. The van der Waals surface area contributed by atoms with Crippen LogP contribution in [0.4, 0.5) is 5.69 Å². The maximum atomic E-state index is 12.9. The molecule has 1 heterocycles. The third kappa shape index (κ3) is 2.68. The van der Waals surface area contributed by atoms with E-state index < -0.39 is 20.8 Å². The minimum atomic E-state index is -3.81. The molecular weight excluding hydrogens is 324 g/mol. The Kier molecular flexibility index (Phi) is 3.92. The van der Waals surface area contributed by atoms with Crippen molar-refractivity contribution in [3.05, 3.63) is 17.1 Å². The van der Waals surface area contributed by atoms with Crippen molar-refractivity contribution in [2.75, 3.05) is 18.8 Å². The van der Waals surface area contributed by atoms with Crippen molar-refractivity contribution in [2.45, 2.75) is 48.3 Å². The van der Waals surface area contributed by atoms with E-state index in [4.69, 9.17) is 18.7 Å². The van der Waals surface area contributed by atoms with E-state index in [2.05, 4.69) is 4.90 Å². The zero-order valence-corrected chi connectivity index (χ0v) is 13.8. The number of halogens is 1. The molecule has 0 amide bonds. The summed E-state index contributed by atoms with van der Waals surface area (Å²) < 4.78 is 33.5. The predicted octanol–water partition coefficient (Wildman–Crippen LogP) is 2.42. The molecule has 22 heavy (non-hydrogen) atoms. The Morgan fingerprint density at radius 1 is 1.32 bits per heavy atom. The second-order valence-corrected chi connectivity index (χ2v) is 8.64. The lowest BCUT2D eigenvalue weighted by Gasteiger charge is -2.41. The molecule has 0 aromatic heterocycles. The molecule has 2 aliphatic rings. The number of piperidine rings is 1. The third-order valence-electron chi connectivity index (χ3n) is 4.83. The average molecular weight is 346 g/mol. The van der Waals surface area contributed by atoms with Gasteiger partial charge in [0.1, 0.15) is 4.90 Å². The quantitative estimate of drug-likeness (QED) is 0.649. The first-order valence-corrected chi connectivity index (χ1v) is 9.50. The molecule has 1 aliphatic heterocycles. The van der Waals surface area contributed by atoms with Gasteiger partial charge in [-0.05, 0) is 50.9 Å². The van der Waals surface area contributed by atoms with Gasteiger partial charge in [0.05, 0.1) is 17.3 Å². The summed E-state index contributed by atoms with van der Waals surface area (Å²) >= 11 is 5.99. The monoisotopic (exact) mass is 345 g/mol. The Balaban J connectivity index is 1.85. The molecule has 1 aromatic rings. The molecule has 3 N–H and O–H groups in total. The highest BCUT2D eigenvalue weighted by atomic mass is 35.5. The van der Waals surface area contributed by atoms with Crippen LogP contribution in [-0.4, -0.2) is 42.8 Å². The number of hydrogen-bond donors (Lipinski definition) is 2. The fourth-order valence-electron chi connectivity index (χ4n) is 3.24. The highest BCUT2D eigenvalue weighted by Crippen LogP contribution is 2.39. The van der Waals surface area contributed by atoms with Crippen molar-refractivity contribution in [3.63, 3.8) is 0 Å². The first-order chi connectivity index (χ1) is 10.8. The van der Waals surface area contributed by atoms with Gasteiger partial charge in [-0.2, -0.15) is 0 Å². The predicted molar refractivity (Wildman–Crippen MR) is 86.9 cm³/mol.